The van der Waals surface area contributed by atoms with Gasteiger partial charge in [-0.15, -0.1) is 0 Å². The Labute approximate surface area is 148 Å². The summed E-state index contributed by atoms with van der Waals surface area (Å²) < 4.78 is 39.2. The Morgan fingerprint density at radius 1 is 1.15 bits per heavy atom. The van der Waals surface area contributed by atoms with Gasteiger partial charge in [-0.3, -0.25) is 14.4 Å². The molecule has 0 heterocycles. The highest BCUT2D eigenvalue weighted by Crippen LogP contribution is 2.32. The van der Waals surface area contributed by atoms with E-state index in [-0.39, 0.29) is 17.2 Å². The van der Waals surface area contributed by atoms with Crippen molar-refractivity contribution >= 4 is 23.5 Å². The van der Waals surface area contributed by atoms with E-state index in [0.717, 1.165) is 19.1 Å². The van der Waals surface area contributed by atoms with E-state index in [1.54, 1.807) is 13.8 Å². The zero-order valence-corrected chi connectivity index (χ0v) is 14.8. The smallest absolute Gasteiger partial charge is 0.416 e. The van der Waals surface area contributed by atoms with Crippen LogP contribution in [0, 0.1) is 5.92 Å². The molecular weight excluding hydrogens is 353 g/mol. The molecule has 3 N–H and O–H groups in total. The van der Waals surface area contributed by atoms with Crippen LogP contribution in [0.3, 0.4) is 0 Å². The predicted octanol–water partition coefficient (Wildman–Crippen LogP) is 3.28. The molecule has 0 saturated carbocycles. The van der Waals surface area contributed by atoms with E-state index >= 15 is 0 Å². The first kappa shape index (κ1) is 21.5. The van der Waals surface area contributed by atoms with E-state index in [4.69, 9.17) is 5.11 Å². The van der Waals surface area contributed by atoms with Gasteiger partial charge in [0.15, 0.2) is 0 Å². The second kappa shape index (κ2) is 7.76. The van der Waals surface area contributed by atoms with Gasteiger partial charge in [0.2, 0.25) is 5.91 Å². The Hall–Kier alpha value is -2.58. The van der Waals surface area contributed by atoms with Gasteiger partial charge in [0.25, 0.3) is 5.91 Å². The molecule has 2 amide bonds. The van der Waals surface area contributed by atoms with Crippen LogP contribution < -0.4 is 10.6 Å². The topological polar surface area (TPSA) is 95.5 Å². The molecule has 1 unspecified atom stereocenters. The fourth-order valence-electron chi connectivity index (χ4n) is 2.24. The summed E-state index contributed by atoms with van der Waals surface area (Å²) >= 11 is 0. The van der Waals surface area contributed by atoms with E-state index < -0.39 is 41.5 Å². The Kier molecular flexibility index (Phi) is 6.40. The zero-order valence-electron chi connectivity index (χ0n) is 14.8. The zero-order chi connectivity index (χ0) is 20.3. The number of nitrogens with one attached hydrogen (secondary N) is 2. The lowest BCUT2D eigenvalue weighted by Gasteiger charge is -2.33. The van der Waals surface area contributed by atoms with E-state index in [1.165, 1.54) is 6.92 Å². The molecule has 0 aliphatic carbocycles. The largest absolute Gasteiger partial charge is 0.481 e. The number of alkyl halides is 3. The third-order valence-electron chi connectivity index (χ3n) is 4.03. The Bertz CT molecular complexity index is 716. The van der Waals surface area contributed by atoms with Crippen molar-refractivity contribution in [1.82, 2.24) is 5.32 Å². The van der Waals surface area contributed by atoms with Crippen LogP contribution in [0.1, 0.15) is 50.0 Å². The maximum absolute atomic E-state index is 13.1. The fourth-order valence-corrected chi connectivity index (χ4v) is 2.24. The first-order valence-electron chi connectivity index (χ1n) is 7.79. The maximum atomic E-state index is 13.1. The molecule has 0 fully saturated rings. The molecule has 0 aliphatic heterocycles. The lowest BCUT2D eigenvalue weighted by Crippen LogP contribution is -2.51. The van der Waals surface area contributed by atoms with E-state index in [2.05, 4.69) is 10.6 Å². The number of carbonyl (C=O) groups excluding carboxylic acids is 2. The lowest BCUT2D eigenvalue weighted by molar-refractivity contribution is -0.139. The van der Waals surface area contributed by atoms with Crippen molar-refractivity contribution in [2.75, 3.05) is 5.32 Å². The summed E-state index contributed by atoms with van der Waals surface area (Å²) in [4.78, 5) is 34.7. The summed E-state index contributed by atoms with van der Waals surface area (Å²) in [6.45, 7) is 6.02. The number of amides is 2. The number of carboxylic acids is 1. The molecule has 144 valence electrons. The Morgan fingerprint density at radius 3 is 2.15 bits per heavy atom. The van der Waals surface area contributed by atoms with Crippen molar-refractivity contribution in [2.45, 2.75) is 45.8 Å². The van der Waals surface area contributed by atoms with Crippen molar-refractivity contribution in [3.05, 3.63) is 29.3 Å². The molecule has 6 nitrogen and oxygen atoms in total. The molecule has 1 rings (SSSR count). The minimum Gasteiger partial charge on any atom is -0.481 e. The first-order valence-corrected chi connectivity index (χ1v) is 7.79. The molecule has 0 aromatic heterocycles. The molecule has 0 aliphatic rings. The number of rotatable bonds is 6. The van der Waals surface area contributed by atoms with Crippen LogP contribution in [0.25, 0.3) is 0 Å². The number of hydrogen-bond acceptors (Lipinski definition) is 3. The average Bonchev–Trinajstić information content (AvgIpc) is 2.44. The minimum atomic E-state index is -4.72. The van der Waals surface area contributed by atoms with Gasteiger partial charge in [-0.2, -0.15) is 13.2 Å². The summed E-state index contributed by atoms with van der Waals surface area (Å²) in [6.07, 6.45) is -5.11. The van der Waals surface area contributed by atoms with Gasteiger partial charge in [-0.05, 0) is 31.0 Å². The van der Waals surface area contributed by atoms with Crippen molar-refractivity contribution in [2.24, 2.45) is 5.92 Å². The van der Waals surface area contributed by atoms with E-state index in [0.29, 0.717) is 6.07 Å². The summed E-state index contributed by atoms with van der Waals surface area (Å²) in [5, 5.41) is 13.7. The van der Waals surface area contributed by atoms with Gasteiger partial charge in [0.05, 0.1) is 17.5 Å². The van der Waals surface area contributed by atoms with Gasteiger partial charge in [-0.1, -0.05) is 13.8 Å². The minimum absolute atomic E-state index is 0.179. The number of benzene rings is 1. The highest BCUT2D eigenvalue weighted by atomic mass is 19.4. The van der Waals surface area contributed by atoms with Gasteiger partial charge in [-0.25, -0.2) is 0 Å². The normalized spacial score (nSPS) is 13.8. The van der Waals surface area contributed by atoms with Crippen LogP contribution in [0.15, 0.2) is 18.2 Å². The summed E-state index contributed by atoms with van der Waals surface area (Å²) in [7, 11) is 0. The van der Waals surface area contributed by atoms with Crippen LogP contribution in [0.2, 0.25) is 0 Å². The molecule has 26 heavy (non-hydrogen) atoms. The van der Waals surface area contributed by atoms with Crippen LogP contribution in [0.4, 0.5) is 18.9 Å². The summed E-state index contributed by atoms with van der Waals surface area (Å²) in [5.41, 5.74) is -2.77. The SMILES string of the molecule is CC(=O)Nc1cc(C(=O)NC(C)(CC(=O)O)C(C)C)cc(C(F)(F)F)c1. The summed E-state index contributed by atoms with van der Waals surface area (Å²) in [6, 6.07) is 2.48. The molecule has 9 heteroatoms. The average molecular weight is 374 g/mol. The lowest BCUT2D eigenvalue weighted by atomic mass is 9.85. The number of carbonyl (C=O) groups is 3. The number of carboxylic acid groups (broad SMARTS) is 1. The number of aliphatic carboxylic acids is 1. The van der Waals surface area contributed by atoms with Crippen LogP contribution >= 0.6 is 0 Å². The van der Waals surface area contributed by atoms with Crippen molar-refractivity contribution in [3.8, 4) is 0 Å². The van der Waals surface area contributed by atoms with Crippen molar-refractivity contribution in [3.63, 3.8) is 0 Å². The van der Waals surface area contributed by atoms with Gasteiger partial charge in [0.1, 0.15) is 0 Å². The Morgan fingerprint density at radius 2 is 1.73 bits per heavy atom. The fraction of sp³-hybridized carbons (Fsp3) is 0.471. The van der Waals surface area contributed by atoms with Gasteiger partial charge in [0, 0.05) is 18.2 Å². The third kappa shape index (κ3) is 5.75. The molecule has 0 bridgehead atoms. The number of anilines is 1. The van der Waals surface area contributed by atoms with Gasteiger partial charge >= 0.3 is 12.1 Å². The molecule has 0 spiro atoms. The quantitative estimate of drug-likeness (QED) is 0.712. The molecule has 1 aromatic rings. The van der Waals surface area contributed by atoms with Gasteiger partial charge < -0.3 is 15.7 Å². The van der Waals surface area contributed by atoms with E-state index in [1.807, 2.05) is 0 Å². The molecular formula is C17H21F3N2O4. The standard InChI is InChI=1S/C17H21F3N2O4/c1-9(2)16(4,8-14(24)25)22-15(26)11-5-12(17(18,19)20)7-13(6-11)21-10(3)23/h5-7,9H,8H2,1-4H3,(H,21,23)(H,22,26)(H,24,25). The highest BCUT2D eigenvalue weighted by molar-refractivity contribution is 5.97. The molecule has 1 atom stereocenters. The molecule has 0 radical (unpaired) electrons. The van der Waals surface area contributed by atoms with Crippen LogP contribution in [0.5, 0.6) is 0 Å². The predicted molar refractivity (Wildman–Crippen MR) is 88.7 cm³/mol. The second-order valence-electron chi connectivity index (χ2n) is 6.57. The highest BCUT2D eigenvalue weighted by Gasteiger charge is 2.35. The molecule has 0 saturated heterocycles. The first-order chi connectivity index (χ1) is 11.7. The maximum Gasteiger partial charge on any atom is 0.416 e. The van der Waals surface area contributed by atoms with E-state index in [9.17, 15) is 27.6 Å². The summed E-state index contributed by atoms with van der Waals surface area (Å²) in [5.74, 6) is -2.89. The number of halogens is 3. The van der Waals surface area contributed by atoms with Crippen LogP contribution in [-0.4, -0.2) is 28.4 Å². The van der Waals surface area contributed by atoms with Crippen LogP contribution in [-0.2, 0) is 15.8 Å². The number of hydrogen-bond donors (Lipinski definition) is 3. The van der Waals surface area contributed by atoms with Crippen molar-refractivity contribution < 1.29 is 32.7 Å². The third-order valence-corrected chi connectivity index (χ3v) is 4.03. The van der Waals surface area contributed by atoms with Crippen molar-refractivity contribution in [1.29, 1.82) is 0 Å². The molecule has 1 aromatic carbocycles. The Balaban J connectivity index is 3.28. The second-order valence-corrected chi connectivity index (χ2v) is 6.57. The monoisotopic (exact) mass is 374 g/mol.